The molecule has 2 aromatic heterocycles. The molecule has 140 valence electrons. The lowest BCUT2D eigenvalue weighted by atomic mass is 9.82. The molecule has 8 heteroatoms. The molecular formula is C18H22N2O3S3. The molecule has 2 aliphatic carbocycles. The number of anilines is 1. The van der Waals surface area contributed by atoms with Crippen LogP contribution in [0.5, 0.6) is 0 Å². The number of sulfone groups is 1. The number of carbonyl (C=O) groups excluding carboxylic acids is 1. The second-order valence-corrected chi connectivity index (χ2v) is 11.6. The van der Waals surface area contributed by atoms with Gasteiger partial charge in [0.05, 0.1) is 5.41 Å². The van der Waals surface area contributed by atoms with Crippen molar-refractivity contribution in [1.82, 2.24) is 4.98 Å². The second kappa shape index (κ2) is 6.73. The van der Waals surface area contributed by atoms with Crippen molar-refractivity contribution < 1.29 is 13.2 Å². The van der Waals surface area contributed by atoms with Gasteiger partial charge in [-0.2, -0.15) is 0 Å². The molecule has 0 radical (unpaired) electrons. The van der Waals surface area contributed by atoms with Crippen molar-refractivity contribution in [2.45, 2.75) is 48.1 Å². The number of nitrogens with one attached hydrogen (secondary N) is 1. The number of rotatable bonds is 5. The average molecular weight is 411 g/mol. The summed E-state index contributed by atoms with van der Waals surface area (Å²) < 4.78 is 24.1. The number of thiophene rings is 1. The van der Waals surface area contributed by atoms with Gasteiger partial charge in [0.1, 0.15) is 4.21 Å². The molecule has 1 N–H and O–H groups in total. The Morgan fingerprint density at radius 3 is 2.65 bits per heavy atom. The summed E-state index contributed by atoms with van der Waals surface area (Å²) in [5, 5.41) is 5.40. The quantitative estimate of drug-likeness (QED) is 0.806. The van der Waals surface area contributed by atoms with Gasteiger partial charge in [-0.1, -0.05) is 32.1 Å². The smallest absolute Gasteiger partial charge is 0.237 e. The lowest BCUT2D eigenvalue weighted by Gasteiger charge is -2.25. The predicted molar refractivity (Wildman–Crippen MR) is 105 cm³/mol. The van der Waals surface area contributed by atoms with Crippen LogP contribution in [0.3, 0.4) is 0 Å². The summed E-state index contributed by atoms with van der Waals surface area (Å²) in [5.41, 5.74) is -0.596. The first-order chi connectivity index (χ1) is 12.4. The van der Waals surface area contributed by atoms with Crippen molar-refractivity contribution in [2.24, 2.45) is 11.8 Å². The topological polar surface area (TPSA) is 76.1 Å². The maximum atomic E-state index is 13.2. The van der Waals surface area contributed by atoms with E-state index in [1.54, 1.807) is 12.3 Å². The van der Waals surface area contributed by atoms with E-state index in [4.69, 9.17) is 0 Å². The van der Waals surface area contributed by atoms with E-state index in [-0.39, 0.29) is 5.91 Å². The molecule has 2 unspecified atom stereocenters. The first-order valence-corrected chi connectivity index (χ1v) is 12.5. The fourth-order valence-electron chi connectivity index (χ4n) is 4.30. The van der Waals surface area contributed by atoms with E-state index in [9.17, 15) is 13.2 Å². The molecule has 1 amide bonds. The third kappa shape index (κ3) is 3.23. The molecule has 2 saturated carbocycles. The highest BCUT2D eigenvalue weighted by molar-refractivity contribution is 7.92. The standard InChI is InChI=1S/C18H22N2O3S3/c1-26(22,23)15-8-7-14(25-15)18(16(21)20-17-19-9-10-24-17)11-13(18)12-5-3-2-4-6-12/h7-10,12-13H,2-6,11H2,1H3,(H,19,20,21). The summed E-state index contributed by atoms with van der Waals surface area (Å²) in [5.74, 6) is 0.813. The fourth-order valence-corrected chi connectivity index (χ4v) is 7.02. The second-order valence-electron chi connectivity index (χ2n) is 7.36. The number of thiazole rings is 1. The van der Waals surface area contributed by atoms with E-state index in [2.05, 4.69) is 10.3 Å². The summed E-state index contributed by atoms with van der Waals surface area (Å²) >= 11 is 2.65. The van der Waals surface area contributed by atoms with E-state index < -0.39 is 15.3 Å². The minimum Gasteiger partial charge on any atom is -0.301 e. The molecule has 2 atom stereocenters. The number of hydrogen-bond donors (Lipinski definition) is 1. The molecule has 0 bridgehead atoms. The van der Waals surface area contributed by atoms with Crippen molar-refractivity contribution in [3.05, 3.63) is 28.6 Å². The van der Waals surface area contributed by atoms with E-state index in [1.807, 2.05) is 11.4 Å². The van der Waals surface area contributed by atoms with Gasteiger partial charge >= 0.3 is 0 Å². The summed E-state index contributed by atoms with van der Waals surface area (Å²) in [6, 6.07) is 3.48. The predicted octanol–water partition coefficient (Wildman–Crippen LogP) is 4.08. The number of aromatic nitrogens is 1. The van der Waals surface area contributed by atoms with Crippen LogP contribution in [0.4, 0.5) is 5.13 Å². The van der Waals surface area contributed by atoms with Crippen LogP contribution in [-0.2, 0) is 20.0 Å². The highest BCUT2D eigenvalue weighted by Crippen LogP contribution is 2.62. The third-order valence-electron chi connectivity index (χ3n) is 5.68. The first-order valence-electron chi connectivity index (χ1n) is 8.92. The Morgan fingerprint density at radius 2 is 2.04 bits per heavy atom. The van der Waals surface area contributed by atoms with Crippen LogP contribution in [-0.4, -0.2) is 25.6 Å². The van der Waals surface area contributed by atoms with E-state index in [0.717, 1.165) is 11.3 Å². The van der Waals surface area contributed by atoms with Gasteiger partial charge in [-0.25, -0.2) is 13.4 Å². The van der Waals surface area contributed by atoms with Gasteiger partial charge in [0.2, 0.25) is 5.91 Å². The molecule has 2 fully saturated rings. The van der Waals surface area contributed by atoms with Crippen molar-refractivity contribution in [2.75, 3.05) is 11.6 Å². The average Bonchev–Trinajstić information content (AvgIpc) is 2.98. The highest BCUT2D eigenvalue weighted by atomic mass is 32.2. The third-order valence-corrected chi connectivity index (χ3v) is 9.45. The summed E-state index contributed by atoms with van der Waals surface area (Å²) in [6.45, 7) is 0. The van der Waals surface area contributed by atoms with Gasteiger partial charge in [-0.05, 0) is 30.4 Å². The Kier molecular flexibility index (Phi) is 4.69. The molecule has 0 aromatic carbocycles. The Bertz CT molecular complexity index is 898. The fraction of sp³-hybridized carbons (Fsp3) is 0.556. The van der Waals surface area contributed by atoms with Crippen LogP contribution >= 0.6 is 22.7 Å². The van der Waals surface area contributed by atoms with Crippen LogP contribution in [0.2, 0.25) is 0 Å². The molecule has 2 aliphatic rings. The van der Waals surface area contributed by atoms with Gasteiger partial charge in [0.25, 0.3) is 0 Å². The number of carbonyl (C=O) groups is 1. The maximum absolute atomic E-state index is 13.2. The summed E-state index contributed by atoms with van der Waals surface area (Å²) in [7, 11) is -3.26. The molecule has 26 heavy (non-hydrogen) atoms. The molecule has 5 nitrogen and oxygen atoms in total. The Labute approximate surface area is 161 Å². The molecule has 4 rings (SSSR count). The van der Waals surface area contributed by atoms with Gasteiger partial charge < -0.3 is 5.32 Å². The number of hydrogen-bond acceptors (Lipinski definition) is 6. The minimum atomic E-state index is -3.26. The van der Waals surface area contributed by atoms with Crippen molar-refractivity contribution in [3.8, 4) is 0 Å². The van der Waals surface area contributed by atoms with Crippen molar-refractivity contribution in [3.63, 3.8) is 0 Å². The zero-order chi connectivity index (χ0) is 18.4. The van der Waals surface area contributed by atoms with Gasteiger partial charge in [0, 0.05) is 22.7 Å². The van der Waals surface area contributed by atoms with E-state index in [0.29, 0.717) is 21.2 Å². The Hall–Kier alpha value is -1.25. The lowest BCUT2D eigenvalue weighted by Crippen LogP contribution is -2.31. The van der Waals surface area contributed by atoms with Crippen LogP contribution in [0.15, 0.2) is 27.9 Å². The van der Waals surface area contributed by atoms with Gasteiger partial charge in [0.15, 0.2) is 15.0 Å². The maximum Gasteiger partial charge on any atom is 0.237 e. The molecule has 0 saturated heterocycles. The number of amides is 1. The van der Waals surface area contributed by atoms with Crippen LogP contribution in [0, 0.1) is 11.8 Å². The zero-order valence-corrected chi connectivity index (χ0v) is 17.1. The van der Waals surface area contributed by atoms with E-state index >= 15 is 0 Å². The van der Waals surface area contributed by atoms with E-state index in [1.165, 1.54) is 61.0 Å². The van der Waals surface area contributed by atoms with Crippen LogP contribution in [0.25, 0.3) is 0 Å². The normalized spacial score (nSPS) is 26.6. The number of nitrogens with zero attached hydrogens (tertiary/aromatic N) is 1. The van der Waals surface area contributed by atoms with Crippen molar-refractivity contribution >= 4 is 43.5 Å². The molecule has 0 spiro atoms. The molecule has 0 aliphatic heterocycles. The summed E-state index contributed by atoms with van der Waals surface area (Å²) in [6.07, 6.45) is 9.76. The molecule has 2 aromatic rings. The highest BCUT2D eigenvalue weighted by Gasteiger charge is 2.64. The van der Waals surface area contributed by atoms with Gasteiger partial charge in [-0.15, -0.1) is 22.7 Å². The SMILES string of the molecule is CS(=O)(=O)c1ccc(C2(C(=O)Nc3nccs3)CC2C2CCCCC2)s1. The van der Waals surface area contributed by atoms with Gasteiger partial charge in [-0.3, -0.25) is 4.79 Å². The van der Waals surface area contributed by atoms with Crippen LogP contribution in [0.1, 0.15) is 43.4 Å². The van der Waals surface area contributed by atoms with Crippen LogP contribution < -0.4 is 5.32 Å². The molecule has 2 heterocycles. The minimum absolute atomic E-state index is 0.0371. The monoisotopic (exact) mass is 410 g/mol. The first kappa shape index (κ1) is 18.1. The lowest BCUT2D eigenvalue weighted by molar-refractivity contribution is -0.119. The Balaban J connectivity index is 1.66. The molecular weight excluding hydrogens is 388 g/mol. The Morgan fingerprint density at radius 1 is 1.27 bits per heavy atom. The largest absolute Gasteiger partial charge is 0.301 e. The summed E-state index contributed by atoms with van der Waals surface area (Å²) in [4.78, 5) is 18.3. The van der Waals surface area contributed by atoms with Crippen molar-refractivity contribution in [1.29, 1.82) is 0 Å². The zero-order valence-electron chi connectivity index (χ0n) is 14.6.